The first-order valence-corrected chi connectivity index (χ1v) is 11.4. The molecule has 5 heteroatoms. The Morgan fingerprint density at radius 1 is 1.07 bits per heavy atom. The molecule has 0 aromatic carbocycles. The summed E-state index contributed by atoms with van der Waals surface area (Å²) in [5, 5.41) is 33.8. The third kappa shape index (κ3) is 2.60. The lowest BCUT2D eigenvalue weighted by Gasteiger charge is -2.65. The first kappa shape index (κ1) is 19.8. The van der Waals surface area contributed by atoms with Gasteiger partial charge < -0.3 is 19.7 Å². The second-order valence-electron chi connectivity index (χ2n) is 10.9. The number of hydrogen-bond donors (Lipinski definition) is 3. The van der Waals surface area contributed by atoms with Gasteiger partial charge in [-0.3, -0.25) is 0 Å². The Labute approximate surface area is 172 Å². The molecule has 4 fully saturated rings. The third-order valence-electron chi connectivity index (χ3n) is 9.89. The molecule has 0 amide bonds. The van der Waals surface area contributed by atoms with Crippen molar-refractivity contribution in [2.75, 3.05) is 0 Å². The summed E-state index contributed by atoms with van der Waals surface area (Å²) in [5.74, 6) is 0.662. The van der Waals surface area contributed by atoms with Crippen molar-refractivity contribution in [3.8, 4) is 0 Å². The second kappa shape index (κ2) is 6.41. The van der Waals surface area contributed by atoms with Gasteiger partial charge in [-0.25, -0.2) is 4.79 Å². The van der Waals surface area contributed by atoms with Crippen molar-refractivity contribution in [3.63, 3.8) is 0 Å². The number of aliphatic hydroxyl groups is 3. The molecule has 1 aromatic rings. The zero-order chi connectivity index (χ0) is 20.6. The largest absolute Gasteiger partial charge is 0.431 e. The Morgan fingerprint density at radius 2 is 1.86 bits per heavy atom. The van der Waals surface area contributed by atoms with Crippen LogP contribution in [0.1, 0.15) is 76.7 Å². The fourth-order valence-corrected chi connectivity index (χ4v) is 8.41. The summed E-state index contributed by atoms with van der Waals surface area (Å²) < 4.78 is 5.14. The smallest absolute Gasteiger partial charge is 0.335 e. The number of aliphatic hydroxyl groups excluding tert-OH is 2. The van der Waals surface area contributed by atoms with E-state index in [-0.39, 0.29) is 34.9 Å². The van der Waals surface area contributed by atoms with Crippen LogP contribution < -0.4 is 5.63 Å². The van der Waals surface area contributed by atoms with E-state index in [0.29, 0.717) is 12.3 Å². The first-order chi connectivity index (χ1) is 13.7. The Bertz CT molecular complexity index is 829. The highest BCUT2D eigenvalue weighted by atomic mass is 16.4. The summed E-state index contributed by atoms with van der Waals surface area (Å²) in [7, 11) is 0. The predicted octanol–water partition coefficient (Wildman–Crippen LogP) is 3.21. The van der Waals surface area contributed by atoms with E-state index in [2.05, 4.69) is 13.8 Å². The summed E-state index contributed by atoms with van der Waals surface area (Å²) in [6.07, 6.45) is 7.49. The maximum Gasteiger partial charge on any atom is 0.335 e. The third-order valence-corrected chi connectivity index (χ3v) is 9.89. The van der Waals surface area contributed by atoms with E-state index in [0.717, 1.165) is 50.5 Å². The fraction of sp³-hybridized carbons (Fsp3) is 0.792. The maximum atomic E-state index is 12.2. The highest BCUT2D eigenvalue weighted by molar-refractivity contribution is 5.28. The summed E-state index contributed by atoms with van der Waals surface area (Å²) in [4.78, 5) is 11.4. The van der Waals surface area contributed by atoms with Gasteiger partial charge >= 0.3 is 5.63 Å². The van der Waals surface area contributed by atoms with Gasteiger partial charge in [-0.2, -0.15) is 0 Å². The molecule has 0 bridgehead atoms. The van der Waals surface area contributed by atoms with Crippen LogP contribution in [0, 0.1) is 28.6 Å². The number of fused-ring (bicyclic) bond motifs is 5. The average molecular weight is 403 g/mol. The average Bonchev–Trinajstić information content (AvgIpc) is 2.94. The van der Waals surface area contributed by atoms with Gasteiger partial charge in [-0.1, -0.05) is 13.8 Å². The Morgan fingerprint density at radius 3 is 2.59 bits per heavy atom. The quantitative estimate of drug-likeness (QED) is 0.671. The van der Waals surface area contributed by atoms with Crippen LogP contribution in [-0.2, 0) is 0 Å². The van der Waals surface area contributed by atoms with Crippen LogP contribution in [0.4, 0.5) is 0 Å². The molecule has 5 rings (SSSR count). The van der Waals surface area contributed by atoms with Crippen molar-refractivity contribution in [2.24, 2.45) is 28.6 Å². The number of hydrogen-bond acceptors (Lipinski definition) is 5. The highest BCUT2D eigenvalue weighted by Crippen LogP contribution is 2.70. The topological polar surface area (TPSA) is 90.9 Å². The van der Waals surface area contributed by atoms with Gasteiger partial charge in [0.15, 0.2) is 0 Å². The van der Waals surface area contributed by atoms with Gasteiger partial charge in [0.25, 0.3) is 0 Å². The van der Waals surface area contributed by atoms with E-state index >= 15 is 0 Å². The Kier molecular flexibility index (Phi) is 4.37. The van der Waals surface area contributed by atoms with Gasteiger partial charge in [0.05, 0.1) is 24.1 Å². The molecular formula is C24H34O5. The molecule has 160 valence electrons. The van der Waals surface area contributed by atoms with Crippen molar-refractivity contribution in [2.45, 2.75) is 88.9 Å². The lowest BCUT2D eigenvalue weighted by molar-refractivity contribution is -0.239. The van der Waals surface area contributed by atoms with Gasteiger partial charge in [-0.05, 0) is 92.1 Å². The minimum Gasteiger partial charge on any atom is -0.431 e. The maximum absolute atomic E-state index is 12.2. The number of rotatable bonds is 1. The molecule has 0 radical (unpaired) electrons. The molecule has 0 aliphatic heterocycles. The Balaban J connectivity index is 1.52. The Hall–Kier alpha value is -1.17. The SMILES string of the molecule is C[C@]12CC[C@H](O)C[C@H]1CC[C@H]1[C@@H]2[C@@H](O)C[C@@]2(C)[C@@H](c3ccc(=O)oc3)CC[C@@]12O. The molecule has 0 saturated heterocycles. The molecule has 5 nitrogen and oxygen atoms in total. The summed E-state index contributed by atoms with van der Waals surface area (Å²) in [6.45, 7) is 4.43. The molecule has 1 aromatic heterocycles. The van der Waals surface area contributed by atoms with Crippen molar-refractivity contribution in [3.05, 3.63) is 34.4 Å². The van der Waals surface area contributed by atoms with E-state index in [1.54, 1.807) is 6.26 Å². The second-order valence-corrected chi connectivity index (χ2v) is 10.9. The summed E-state index contributed by atoms with van der Waals surface area (Å²) in [6, 6.07) is 3.28. The van der Waals surface area contributed by atoms with Crippen LogP contribution in [0.3, 0.4) is 0 Å². The van der Waals surface area contributed by atoms with Crippen LogP contribution in [0.25, 0.3) is 0 Å². The van der Waals surface area contributed by atoms with E-state index in [4.69, 9.17) is 4.42 Å². The summed E-state index contributed by atoms with van der Waals surface area (Å²) >= 11 is 0. The fourth-order valence-electron chi connectivity index (χ4n) is 8.41. The molecular weight excluding hydrogens is 368 g/mol. The zero-order valence-electron chi connectivity index (χ0n) is 17.5. The van der Waals surface area contributed by atoms with Crippen molar-refractivity contribution >= 4 is 0 Å². The van der Waals surface area contributed by atoms with E-state index in [1.165, 1.54) is 6.07 Å². The normalized spacial score (nSPS) is 51.8. The molecule has 9 atom stereocenters. The molecule has 1 heterocycles. The van der Waals surface area contributed by atoms with Crippen LogP contribution in [0.2, 0.25) is 0 Å². The monoisotopic (exact) mass is 402 g/mol. The van der Waals surface area contributed by atoms with Gasteiger partial charge in [0, 0.05) is 11.5 Å². The van der Waals surface area contributed by atoms with Gasteiger partial charge in [-0.15, -0.1) is 0 Å². The molecule has 4 aliphatic carbocycles. The lowest BCUT2D eigenvalue weighted by Crippen LogP contribution is -2.66. The van der Waals surface area contributed by atoms with Crippen molar-refractivity contribution in [1.29, 1.82) is 0 Å². The van der Waals surface area contributed by atoms with E-state index in [9.17, 15) is 20.1 Å². The molecule has 3 N–H and O–H groups in total. The van der Waals surface area contributed by atoms with Crippen LogP contribution >= 0.6 is 0 Å². The molecule has 0 unspecified atom stereocenters. The molecule has 4 saturated carbocycles. The standard InChI is InChI=1S/C24H34O5/c1-22-9-7-16(25)11-15(22)4-5-18-21(22)19(26)12-23(2)17(8-10-24(18,23)28)14-3-6-20(27)29-13-14/h3,6,13,15-19,21,25-26,28H,4-5,7-12H2,1-2H3/t15-,16+,17-,18+,19+,21-,22+,23+,24-/m1/s1. The predicted molar refractivity (Wildman–Crippen MR) is 108 cm³/mol. The zero-order valence-corrected chi connectivity index (χ0v) is 17.5. The highest BCUT2D eigenvalue weighted by Gasteiger charge is 2.69. The minimum absolute atomic E-state index is 0.0176. The van der Waals surface area contributed by atoms with Gasteiger partial charge in [0.2, 0.25) is 0 Å². The van der Waals surface area contributed by atoms with E-state index < -0.39 is 17.1 Å². The molecule has 4 aliphatic rings. The minimum atomic E-state index is -0.818. The summed E-state index contributed by atoms with van der Waals surface area (Å²) in [5.41, 5.74) is -0.681. The van der Waals surface area contributed by atoms with E-state index in [1.807, 2.05) is 6.07 Å². The lowest BCUT2D eigenvalue weighted by atomic mass is 9.42. The van der Waals surface area contributed by atoms with Crippen molar-refractivity contribution in [1.82, 2.24) is 0 Å². The molecule has 0 spiro atoms. The first-order valence-electron chi connectivity index (χ1n) is 11.4. The van der Waals surface area contributed by atoms with Crippen molar-refractivity contribution < 1.29 is 19.7 Å². The molecule has 29 heavy (non-hydrogen) atoms. The van der Waals surface area contributed by atoms with Crippen LogP contribution in [0.15, 0.2) is 27.6 Å². The van der Waals surface area contributed by atoms with Crippen LogP contribution in [-0.4, -0.2) is 33.1 Å². The van der Waals surface area contributed by atoms with Gasteiger partial charge in [0.1, 0.15) is 0 Å². The van der Waals surface area contributed by atoms with Crippen LogP contribution in [0.5, 0.6) is 0 Å².